The Balaban J connectivity index is 2.02. The number of nitrogens with zero attached hydrogens (tertiary/aromatic N) is 1. The molecule has 0 fully saturated rings. The second-order valence-corrected chi connectivity index (χ2v) is 8.92. The Hall–Kier alpha value is -2.97. The number of halogens is 1. The van der Waals surface area contributed by atoms with Gasteiger partial charge >= 0.3 is 6.03 Å². The van der Waals surface area contributed by atoms with Gasteiger partial charge in [-0.2, -0.15) is 0 Å². The number of urea groups is 1. The van der Waals surface area contributed by atoms with E-state index in [0.717, 1.165) is 34.1 Å². The second-order valence-electron chi connectivity index (χ2n) is 6.90. The number of hydrogen-bond donors (Lipinski definition) is 2. The zero-order valence-corrected chi connectivity index (χ0v) is 16.8. The summed E-state index contributed by atoms with van der Waals surface area (Å²) in [6.07, 6.45) is 3.35. The number of nitrogens with two attached hydrogens (primary N) is 1. The van der Waals surface area contributed by atoms with Gasteiger partial charge in [0.15, 0.2) is 9.84 Å². The molecule has 2 aromatic rings. The number of carbonyl (C=O) groups is 1. The molecule has 0 aromatic heterocycles. The van der Waals surface area contributed by atoms with E-state index < -0.39 is 15.9 Å². The molecule has 1 aliphatic rings. The molecule has 0 unspecified atom stereocenters. The first-order valence-electron chi connectivity index (χ1n) is 8.86. The highest BCUT2D eigenvalue weighted by Crippen LogP contribution is 2.43. The Kier molecular flexibility index (Phi) is 5.59. The Morgan fingerprint density at radius 2 is 1.83 bits per heavy atom. The van der Waals surface area contributed by atoms with Gasteiger partial charge in [0.2, 0.25) is 0 Å². The van der Waals surface area contributed by atoms with Crippen LogP contribution in [-0.2, 0) is 9.84 Å². The predicted octanol–water partition coefficient (Wildman–Crippen LogP) is 3.72. The van der Waals surface area contributed by atoms with Crippen molar-refractivity contribution in [2.45, 2.75) is 18.2 Å². The standard InChI is InChI=1S/C21H21FN2O4S/c1-13-17(9-10-24(26)21(23)25)20-12-15(22)5-8-18(20)19(13)11-14-3-6-16(7-4-14)29(2,27)28/h3-8,11-12,26H,9-10H2,1-2H3,(H2,23,25). The molecule has 3 N–H and O–H groups in total. The molecule has 0 saturated carbocycles. The Bertz CT molecular complexity index is 1140. The average molecular weight is 416 g/mol. The van der Waals surface area contributed by atoms with Crippen molar-refractivity contribution >= 4 is 33.1 Å². The number of hydroxylamine groups is 2. The van der Waals surface area contributed by atoms with Crippen molar-refractivity contribution in [3.05, 3.63) is 70.5 Å². The van der Waals surface area contributed by atoms with Gasteiger partial charge < -0.3 is 5.73 Å². The van der Waals surface area contributed by atoms with E-state index in [4.69, 9.17) is 5.73 Å². The van der Waals surface area contributed by atoms with Crippen LogP contribution in [0.3, 0.4) is 0 Å². The number of hydrogen-bond acceptors (Lipinski definition) is 4. The highest BCUT2D eigenvalue weighted by atomic mass is 32.2. The minimum absolute atomic E-state index is 0.0195. The number of sulfone groups is 1. The number of allylic oxidation sites excluding steroid dienone is 2. The van der Waals surface area contributed by atoms with E-state index in [-0.39, 0.29) is 17.3 Å². The lowest BCUT2D eigenvalue weighted by Crippen LogP contribution is -2.33. The molecule has 152 valence electrons. The number of amides is 2. The third kappa shape index (κ3) is 4.38. The summed E-state index contributed by atoms with van der Waals surface area (Å²) < 4.78 is 37.1. The minimum atomic E-state index is -3.28. The predicted molar refractivity (Wildman–Crippen MR) is 109 cm³/mol. The minimum Gasteiger partial charge on any atom is -0.350 e. The second kappa shape index (κ2) is 7.81. The summed E-state index contributed by atoms with van der Waals surface area (Å²) in [5.41, 5.74) is 9.93. The van der Waals surface area contributed by atoms with Crippen LogP contribution in [0, 0.1) is 5.82 Å². The van der Waals surface area contributed by atoms with E-state index in [2.05, 4.69) is 0 Å². The van der Waals surface area contributed by atoms with Crippen LogP contribution in [0.5, 0.6) is 0 Å². The summed E-state index contributed by atoms with van der Waals surface area (Å²) in [4.78, 5) is 11.3. The first-order valence-corrected chi connectivity index (χ1v) is 10.7. The SMILES string of the molecule is CC1=C(CCN(O)C(N)=O)c2cc(F)ccc2C1=Cc1ccc(S(C)(=O)=O)cc1. The van der Waals surface area contributed by atoms with Crippen molar-refractivity contribution in [2.75, 3.05) is 12.8 Å². The van der Waals surface area contributed by atoms with Crippen LogP contribution < -0.4 is 5.73 Å². The third-order valence-corrected chi connectivity index (χ3v) is 6.03. The Morgan fingerprint density at radius 3 is 2.41 bits per heavy atom. The van der Waals surface area contributed by atoms with Gasteiger partial charge in [-0.3, -0.25) is 5.21 Å². The van der Waals surface area contributed by atoms with E-state index in [1.807, 2.05) is 13.0 Å². The van der Waals surface area contributed by atoms with Gasteiger partial charge in [0.05, 0.1) is 11.4 Å². The number of primary amides is 1. The highest BCUT2D eigenvalue weighted by Gasteiger charge is 2.24. The molecule has 0 spiro atoms. The molecule has 29 heavy (non-hydrogen) atoms. The number of benzene rings is 2. The maximum absolute atomic E-state index is 13.9. The topological polar surface area (TPSA) is 101 Å². The summed E-state index contributed by atoms with van der Waals surface area (Å²) in [5, 5.41) is 9.99. The van der Waals surface area contributed by atoms with Crippen LogP contribution in [0.15, 0.2) is 52.9 Å². The first kappa shape index (κ1) is 20.8. The number of fused-ring (bicyclic) bond motifs is 1. The molecule has 2 amide bonds. The summed E-state index contributed by atoms with van der Waals surface area (Å²) in [5.74, 6) is -0.386. The smallest absolute Gasteiger partial charge is 0.338 e. The van der Waals surface area contributed by atoms with Crippen LogP contribution in [0.2, 0.25) is 0 Å². The highest BCUT2D eigenvalue weighted by molar-refractivity contribution is 7.90. The van der Waals surface area contributed by atoms with Gasteiger partial charge in [-0.05, 0) is 77.1 Å². The largest absolute Gasteiger partial charge is 0.350 e. The average Bonchev–Trinajstić information content (AvgIpc) is 2.90. The molecular weight excluding hydrogens is 395 g/mol. The molecule has 3 rings (SSSR count). The van der Waals surface area contributed by atoms with Crippen molar-refractivity contribution in [3.63, 3.8) is 0 Å². The van der Waals surface area contributed by atoms with Crippen molar-refractivity contribution in [1.82, 2.24) is 5.06 Å². The Labute approximate surface area is 168 Å². The van der Waals surface area contributed by atoms with Crippen LogP contribution in [0.4, 0.5) is 9.18 Å². The van der Waals surface area contributed by atoms with Gasteiger partial charge in [0.25, 0.3) is 0 Å². The van der Waals surface area contributed by atoms with Crippen molar-refractivity contribution in [1.29, 1.82) is 0 Å². The molecule has 0 aliphatic heterocycles. The normalized spacial score (nSPS) is 15.0. The molecule has 0 bridgehead atoms. The van der Waals surface area contributed by atoms with Crippen molar-refractivity contribution in [3.8, 4) is 0 Å². The lowest BCUT2D eigenvalue weighted by atomic mass is 10.0. The zero-order valence-electron chi connectivity index (χ0n) is 16.0. The monoisotopic (exact) mass is 416 g/mol. The van der Waals surface area contributed by atoms with Gasteiger partial charge in [-0.15, -0.1) is 0 Å². The summed E-state index contributed by atoms with van der Waals surface area (Å²) in [6, 6.07) is 10.0. The molecule has 6 nitrogen and oxygen atoms in total. The summed E-state index contributed by atoms with van der Waals surface area (Å²) >= 11 is 0. The van der Waals surface area contributed by atoms with Crippen LogP contribution in [0.1, 0.15) is 30.0 Å². The molecule has 0 saturated heterocycles. The molecule has 2 aromatic carbocycles. The molecule has 1 aliphatic carbocycles. The molecular formula is C21H21FN2O4S. The number of carbonyl (C=O) groups excluding carboxylic acids is 1. The lowest BCUT2D eigenvalue weighted by molar-refractivity contribution is -0.0372. The fourth-order valence-corrected chi connectivity index (χ4v) is 4.01. The lowest BCUT2D eigenvalue weighted by Gasteiger charge is -2.13. The molecule has 0 heterocycles. The van der Waals surface area contributed by atoms with E-state index in [9.17, 15) is 22.8 Å². The number of rotatable bonds is 5. The quantitative estimate of drug-likeness (QED) is 0.573. The van der Waals surface area contributed by atoms with Crippen molar-refractivity contribution < 1.29 is 22.8 Å². The van der Waals surface area contributed by atoms with Crippen LogP contribution in [0.25, 0.3) is 17.2 Å². The molecule has 0 atom stereocenters. The van der Waals surface area contributed by atoms with Gasteiger partial charge in [-0.25, -0.2) is 22.7 Å². The van der Waals surface area contributed by atoms with Crippen LogP contribution >= 0.6 is 0 Å². The molecule has 0 radical (unpaired) electrons. The van der Waals surface area contributed by atoms with Crippen LogP contribution in [-0.4, -0.2) is 37.5 Å². The third-order valence-electron chi connectivity index (χ3n) is 4.90. The van der Waals surface area contributed by atoms with Crippen molar-refractivity contribution in [2.24, 2.45) is 5.73 Å². The fourth-order valence-electron chi connectivity index (χ4n) is 3.38. The van der Waals surface area contributed by atoms with Gasteiger partial charge in [0, 0.05) is 6.26 Å². The fraction of sp³-hybridized carbons (Fsp3) is 0.190. The van der Waals surface area contributed by atoms with E-state index in [0.29, 0.717) is 17.0 Å². The first-order chi connectivity index (χ1) is 13.6. The maximum atomic E-state index is 13.9. The zero-order chi connectivity index (χ0) is 21.3. The summed E-state index contributed by atoms with van der Waals surface area (Å²) in [7, 11) is -3.28. The van der Waals surface area contributed by atoms with E-state index >= 15 is 0 Å². The van der Waals surface area contributed by atoms with E-state index in [1.165, 1.54) is 12.1 Å². The Morgan fingerprint density at radius 1 is 1.17 bits per heavy atom. The van der Waals surface area contributed by atoms with E-state index in [1.54, 1.807) is 30.3 Å². The molecule has 8 heteroatoms. The summed E-state index contributed by atoms with van der Waals surface area (Å²) in [6.45, 7) is 1.87. The maximum Gasteiger partial charge on any atom is 0.338 e. The van der Waals surface area contributed by atoms with Gasteiger partial charge in [-0.1, -0.05) is 18.2 Å². The van der Waals surface area contributed by atoms with Gasteiger partial charge in [0.1, 0.15) is 5.82 Å².